The van der Waals surface area contributed by atoms with Crippen molar-refractivity contribution in [2.24, 2.45) is 5.92 Å². The van der Waals surface area contributed by atoms with E-state index in [-0.39, 0.29) is 13.2 Å². The predicted octanol–water partition coefficient (Wildman–Crippen LogP) is 4.13. The van der Waals surface area contributed by atoms with Gasteiger partial charge in [0.25, 0.3) is 0 Å². The first-order valence-electron chi connectivity index (χ1n) is 7.36. The molecular formula is C18H17F3O3. The van der Waals surface area contributed by atoms with Gasteiger partial charge in [0.05, 0.1) is 13.2 Å². The summed E-state index contributed by atoms with van der Waals surface area (Å²) in [5, 5.41) is 0. The molecule has 1 unspecified atom stereocenters. The summed E-state index contributed by atoms with van der Waals surface area (Å²) < 4.78 is 49.0. The minimum absolute atomic E-state index is 0.000610. The van der Waals surface area contributed by atoms with Crippen molar-refractivity contribution >= 4 is 5.97 Å². The summed E-state index contributed by atoms with van der Waals surface area (Å²) >= 11 is 0. The number of halogens is 3. The molecule has 0 N–H and O–H groups in total. The molecule has 2 aromatic rings. The molecule has 0 amide bonds. The van der Waals surface area contributed by atoms with Crippen LogP contribution in [0, 0.1) is 5.92 Å². The van der Waals surface area contributed by atoms with Crippen LogP contribution in [0.5, 0.6) is 0 Å². The molecule has 6 heteroatoms. The maximum absolute atomic E-state index is 13.0. The number of alkyl halides is 3. The molecule has 2 rings (SSSR count). The van der Waals surface area contributed by atoms with Gasteiger partial charge in [0.15, 0.2) is 5.92 Å². The Morgan fingerprint density at radius 1 is 0.875 bits per heavy atom. The standard InChI is InChI=1S/C18H17F3O3/c19-18(20,21)16(13-23-11-14-7-3-1-4-8-14)17(22)24-12-15-9-5-2-6-10-15/h1-10,16H,11-13H2. The Morgan fingerprint density at radius 3 is 1.88 bits per heavy atom. The van der Waals surface area contributed by atoms with Crippen molar-refractivity contribution < 1.29 is 27.4 Å². The molecule has 128 valence electrons. The Balaban J connectivity index is 1.88. The smallest absolute Gasteiger partial charge is 0.404 e. The second kappa shape index (κ2) is 8.49. The van der Waals surface area contributed by atoms with Gasteiger partial charge in [-0.15, -0.1) is 0 Å². The molecule has 3 nitrogen and oxygen atoms in total. The van der Waals surface area contributed by atoms with Gasteiger partial charge in [0, 0.05) is 0 Å². The number of benzene rings is 2. The van der Waals surface area contributed by atoms with E-state index in [4.69, 9.17) is 9.47 Å². The van der Waals surface area contributed by atoms with E-state index in [9.17, 15) is 18.0 Å². The van der Waals surface area contributed by atoms with Crippen LogP contribution in [-0.2, 0) is 27.5 Å². The fourth-order valence-electron chi connectivity index (χ4n) is 1.99. The maximum atomic E-state index is 13.0. The van der Waals surface area contributed by atoms with Crippen LogP contribution in [-0.4, -0.2) is 18.8 Å². The zero-order chi connectivity index (χ0) is 17.4. The lowest BCUT2D eigenvalue weighted by Crippen LogP contribution is -2.36. The van der Waals surface area contributed by atoms with Gasteiger partial charge in [-0.05, 0) is 11.1 Å². The van der Waals surface area contributed by atoms with Crippen molar-refractivity contribution in [3.05, 3.63) is 71.8 Å². The van der Waals surface area contributed by atoms with Gasteiger partial charge < -0.3 is 9.47 Å². The van der Waals surface area contributed by atoms with Crippen molar-refractivity contribution in [1.82, 2.24) is 0 Å². The summed E-state index contributed by atoms with van der Waals surface area (Å²) in [5.74, 6) is -3.63. The Hall–Kier alpha value is -2.34. The van der Waals surface area contributed by atoms with Gasteiger partial charge >= 0.3 is 12.1 Å². The molecule has 0 radical (unpaired) electrons. The summed E-state index contributed by atoms with van der Waals surface area (Å²) in [5.41, 5.74) is 1.35. The van der Waals surface area contributed by atoms with E-state index in [1.54, 1.807) is 60.7 Å². The minimum atomic E-state index is -4.72. The zero-order valence-corrected chi connectivity index (χ0v) is 12.8. The number of ether oxygens (including phenoxy) is 2. The molecule has 0 aliphatic rings. The van der Waals surface area contributed by atoms with Crippen LogP contribution in [0.15, 0.2) is 60.7 Å². The minimum Gasteiger partial charge on any atom is -0.460 e. The summed E-state index contributed by atoms with van der Waals surface area (Å²) in [6.07, 6.45) is -4.72. The molecule has 0 aromatic heterocycles. The highest BCUT2D eigenvalue weighted by Gasteiger charge is 2.46. The highest BCUT2D eigenvalue weighted by Crippen LogP contribution is 2.28. The van der Waals surface area contributed by atoms with Crippen molar-refractivity contribution in [1.29, 1.82) is 0 Å². The Bertz CT molecular complexity index is 627. The molecule has 1 atom stereocenters. The Kier molecular flexibility index (Phi) is 6.37. The summed E-state index contributed by atoms with van der Waals surface area (Å²) in [6, 6.07) is 17.3. The van der Waals surface area contributed by atoms with Gasteiger partial charge in [0.1, 0.15) is 6.61 Å². The van der Waals surface area contributed by atoms with Crippen molar-refractivity contribution in [2.45, 2.75) is 19.4 Å². The first kappa shape index (κ1) is 18.0. The van der Waals surface area contributed by atoms with Crippen LogP contribution < -0.4 is 0 Å². The van der Waals surface area contributed by atoms with E-state index in [1.165, 1.54) is 0 Å². The SMILES string of the molecule is O=C(OCc1ccccc1)C(COCc1ccccc1)C(F)(F)F. The number of rotatable bonds is 7. The van der Waals surface area contributed by atoms with Crippen molar-refractivity contribution in [3.8, 4) is 0 Å². The van der Waals surface area contributed by atoms with Crippen molar-refractivity contribution in [3.63, 3.8) is 0 Å². The molecule has 0 bridgehead atoms. The average molecular weight is 338 g/mol. The highest BCUT2D eigenvalue weighted by molar-refractivity contribution is 5.73. The third-order valence-corrected chi connectivity index (χ3v) is 3.30. The molecular weight excluding hydrogens is 321 g/mol. The molecule has 24 heavy (non-hydrogen) atoms. The quantitative estimate of drug-likeness (QED) is 0.712. The molecule has 2 aromatic carbocycles. The molecule has 0 aliphatic carbocycles. The molecule has 0 fully saturated rings. The number of hydrogen-bond acceptors (Lipinski definition) is 3. The van der Waals surface area contributed by atoms with Gasteiger partial charge in [0.2, 0.25) is 0 Å². The molecule has 0 saturated heterocycles. The monoisotopic (exact) mass is 338 g/mol. The lowest BCUT2D eigenvalue weighted by molar-refractivity contribution is -0.208. The number of carbonyl (C=O) groups is 1. The highest BCUT2D eigenvalue weighted by atomic mass is 19.4. The zero-order valence-electron chi connectivity index (χ0n) is 12.8. The second-order valence-corrected chi connectivity index (χ2v) is 5.19. The lowest BCUT2D eigenvalue weighted by atomic mass is 10.1. The van der Waals surface area contributed by atoms with Gasteiger partial charge in [-0.25, -0.2) is 0 Å². The number of esters is 1. The first-order chi connectivity index (χ1) is 11.5. The predicted molar refractivity (Wildman–Crippen MR) is 81.9 cm³/mol. The van der Waals surface area contributed by atoms with E-state index in [1.807, 2.05) is 0 Å². The largest absolute Gasteiger partial charge is 0.460 e. The molecule has 0 saturated carbocycles. The Labute approximate surface area is 138 Å². The third-order valence-electron chi connectivity index (χ3n) is 3.30. The second-order valence-electron chi connectivity index (χ2n) is 5.19. The number of carbonyl (C=O) groups excluding carboxylic acids is 1. The van der Waals surface area contributed by atoms with E-state index < -0.39 is 24.7 Å². The van der Waals surface area contributed by atoms with Crippen LogP contribution in [0.3, 0.4) is 0 Å². The first-order valence-corrected chi connectivity index (χ1v) is 7.36. The van der Waals surface area contributed by atoms with Crippen LogP contribution in [0.2, 0.25) is 0 Å². The van der Waals surface area contributed by atoms with Crippen LogP contribution in [0.4, 0.5) is 13.2 Å². The van der Waals surface area contributed by atoms with Gasteiger partial charge in [-0.3, -0.25) is 4.79 Å². The molecule has 0 aliphatic heterocycles. The van der Waals surface area contributed by atoms with E-state index in [0.717, 1.165) is 5.56 Å². The fraction of sp³-hybridized carbons (Fsp3) is 0.278. The van der Waals surface area contributed by atoms with E-state index in [0.29, 0.717) is 5.56 Å². The molecule has 0 spiro atoms. The number of hydrogen-bond donors (Lipinski definition) is 0. The van der Waals surface area contributed by atoms with E-state index in [2.05, 4.69) is 0 Å². The van der Waals surface area contributed by atoms with E-state index >= 15 is 0 Å². The lowest BCUT2D eigenvalue weighted by Gasteiger charge is -2.19. The normalized spacial score (nSPS) is 12.6. The summed E-state index contributed by atoms with van der Waals surface area (Å²) in [6.45, 7) is -0.976. The third kappa shape index (κ3) is 5.70. The van der Waals surface area contributed by atoms with Crippen LogP contribution in [0.1, 0.15) is 11.1 Å². The fourth-order valence-corrected chi connectivity index (χ4v) is 1.99. The Morgan fingerprint density at radius 2 is 1.38 bits per heavy atom. The maximum Gasteiger partial charge on any atom is 0.404 e. The summed E-state index contributed by atoms with van der Waals surface area (Å²) in [7, 11) is 0. The van der Waals surface area contributed by atoms with Gasteiger partial charge in [-0.2, -0.15) is 13.2 Å². The van der Waals surface area contributed by atoms with Crippen molar-refractivity contribution in [2.75, 3.05) is 6.61 Å². The average Bonchev–Trinajstić information content (AvgIpc) is 2.57. The topological polar surface area (TPSA) is 35.5 Å². The molecule has 0 heterocycles. The van der Waals surface area contributed by atoms with Gasteiger partial charge in [-0.1, -0.05) is 60.7 Å². The van der Waals surface area contributed by atoms with Crippen LogP contribution >= 0.6 is 0 Å². The summed E-state index contributed by atoms with van der Waals surface area (Å²) in [4.78, 5) is 11.8. The van der Waals surface area contributed by atoms with Crippen LogP contribution in [0.25, 0.3) is 0 Å².